The van der Waals surface area contributed by atoms with Crippen molar-refractivity contribution in [1.82, 2.24) is 20.9 Å². The molecule has 0 saturated carbocycles. The van der Waals surface area contributed by atoms with Crippen molar-refractivity contribution in [2.75, 3.05) is 32.8 Å². The molecule has 1 saturated heterocycles. The largest absolute Gasteiger partial charge is 0.481 e. The number of guanidine groups is 1. The van der Waals surface area contributed by atoms with Gasteiger partial charge >= 0.3 is 11.9 Å². The van der Waals surface area contributed by atoms with Crippen molar-refractivity contribution in [2.45, 2.75) is 121 Å². The number of amides is 4. The van der Waals surface area contributed by atoms with E-state index in [2.05, 4.69) is 25.8 Å². The fraction of sp³-hybridized carbons (Fsp3) is 0.714. The van der Waals surface area contributed by atoms with E-state index in [9.17, 15) is 58.5 Å². The van der Waals surface area contributed by atoms with Gasteiger partial charge in [0.25, 0.3) is 0 Å². The van der Waals surface area contributed by atoms with Crippen LogP contribution in [-0.2, 0) is 48.0 Å². The predicted octanol–water partition coefficient (Wildman–Crippen LogP) is -1.83. The number of nitrogens with one attached hydrogen (secondary N) is 3. The molecule has 21 heteroatoms. The van der Waals surface area contributed by atoms with Crippen LogP contribution in [0.4, 0.5) is 0 Å². The van der Waals surface area contributed by atoms with Gasteiger partial charge in [-0.2, -0.15) is 0 Å². The molecule has 1 aliphatic heterocycles. The summed E-state index contributed by atoms with van der Waals surface area (Å²) < 4.78 is 0. The van der Waals surface area contributed by atoms with Crippen LogP contribution in [0.2, 0.25) is 0 Å². The summed E-state index contributed by atoms with van der Waals surface area (Å²) in [6, 6.07) is -3.80. The number of aliphatic hydroxyl groups is 1. The number of hydrogen-bond donors (Lipinski definition) is 9. The van der Waals surface area contributed by atoms with Crippen LogP contribution in [0.25, 0.3) is 0 Å². The minimum absolute atomic E-state index is 0.0434. The van der Waals surface area contributed by atoms with Gasteiger partial charge in [0, 0.05) is 58.2 Å². The van der Waals surface area contributed by atoms with Gasteiger partial charge in [-0.15, -0.1) is 0 Å². The Morgan fingerprint density at radius 2 is 1.41 bits per heavy atom. The summed E-state index contributed by atoms with van der Waals surface area (Å²) in [7, 11) is 0. The highest BCUT2D eigenvalue weighted by molar-refractivity contribution is 5.97. The van der Waals surface area contributed by atoms with Crippen LogP contribution in [0.15, 0.2) is 4.99 Å². The Kier molecular flexibility index (Phi) is 24.1. The average Bonchev–Trinajstić information content (AvgIpc) is 3.64. The Bertz CT molecular complexity index is 1390. The second kappa shape index (κ2) is 27.5. The number of hydrogen-bond acceptors (Lipinski definition) is 13. The van der Waals surface area contributed by atoms with Gasteiger partial charge in [0.05, 0.1) is 31.0 Å². The standard InChI is InChI=1S/C35H58N8O13/c36-35(37)40-16-6-9-24(41-29(48)13-11-23(45)8-4-2-1-3-5-15-39-31(50)21-56-38)27(46)12-14-30(49)42-25(19-32(51)52)28(47)18-22(20-44)33(53)43-17-7-10-26(43)34(54)55/h22,24-26,44H,1-21,38H2,(H,39,50)(H,41,48)(H,42,49)(H,51,52)(H,54,55)(H4,36,37,40)/t22-,24-,25-,26+/m0/s1. The molecule has 1 rings (SSSR count). The fourth-order valence-electron chi connectivity index (χ4n) is 6.03. The molecule has 1 aliphatic rings. The molecule has 0 aliphatic carbocycles. The molecule has 0 radical (unpaired) electrons. The molecule has 0 bridgehead atoms. The van der Waals surface area contributed by atoms with Crippen molar-refractivity contribution in [2.24, 2.45) is 28.3 Å². The predicted molar refractivity (Wildman–Crippen MR) is 198 cm³/mol. The summed E-state index contributed by atoms with van der Waals surface area (Å²) in [6.07, 6.45) is 2.51. The van der Waals surface area contributed by atoms with Gasteiger partial charge in [-0.05, 0) is 38.5 Å². The van der Waals surface area contributed by atoms with Gasteiger partial charge in [-0.25, -0.2) is 10.7 Å². The first-order chi connectivity index (χ1) is 26.6. The lowest BCUT2D eigenvalue weighted by molar-refractivity contribution is -0.151. The summed E-state index contributed by atoms with van der Waals surface area (Å²) in [4.78, 5) is 121. The Labute approximate surface area is 324 Å². The lowest BCUT2D eigenvalue weighted by Gasteiger charge is -2.26. The molecule has 0 aromatic heterocycles. The Morgan fingerprint density at radius 1 is 0.768 bits per heavy atom. The number of ketones is 3. The zero-order valence-electron chi connectivity index (χ0n) is 31.7. The van der Waals surface area contributed by atoms with Crippen LogP contribution < -0.4 is 33.3 Å². The van der Waals surface area contributed by atoms with E-state index in [4.69, 9.17) is 17.4 Å². The average molecular weight is 799 g/mol. The van der Waals surface area contributed by atoms with Crippen molar-refractivity contribution >= 4 is 58.9 Å². The molecule has 12 N–H and O–H groups in total. The van der Waals surface area contributed by atoms with Gasteiger partial charge in [0.2, 0.25) is 23.6 Å². The van der Waals surface area contributed by atoms with Crippen molar-refractivity contribution in [3.63, 3.8) is 0 Å². The molecule has 21 nitrogen and oxygen atoms in total. The SMILES string of the molecule is NOCC(=O)NCCCCCCCC(=O)CCC(=O)N[C@@H](CCCN=C(N)N)C(=O)CCC(=O)N[C@@H](CC(=O)O)C(=O)C[C@@H](CO)C(=O)N1CCC[C@@H]1C(=O)O. The number of aliphatic carboxylic acids is 2. The van der Waals surface area contributed by atoms with Crippen LogP contribution in [-0.4, -0.2) is 130 Å². The zero-order valence-corrected chi connectivity index (χ0v) is 31.7. The number of nitrogens with two attached hydrogens (primary N) is 3. The molecule has 0 unspecified atom stereocenters. The highest BCUT2D eigenvalue weighted by atomic mass is 16.6. The third-order valence-corrected chi connectivity index (χ3v) is 9.01. The Balaban J connectivity index is 2.69. The normalized spacial score (nSPS) is 15.2. The third-order valence-electron chi connectivity index (χ3n) is 9.01. The highest BCUT2D eigenvalue weighted by Gasteiger charge is 2.38. The lowest BCUT2D eigenvalue weighted by atomic mass is 9.95. The van der Waals surface area contributed by atoms with Crippen molar-refractivity contribution in [3.05, 3.63) is 0 Å². The number of rotatable bonds is 31. The van der Waals surface area contributed by atoms with Crippen LogP contribution in [0, 0.1) is 5.92 Å². The number of carboxylic acid groups (broad SMARTS) is 2. The number of nitrogens with zero attached hydrogens (tertiary/aromatic N) is 2. The molecular formula is C35H58N8O13. The number of carboxylic acids is 2. The van der Waals surface area contributed by atoms with Crippen molar-refractivity contribution in [3.8, 4) is 0 Å². The van der Waals surface area contributed by atoms with E-state index in [0.717, 1.165) is 30.6 Å². The first kappa shape index (κ1) is 49.0. The smallest absolute Gasteiger partial charge is 0.326 e. The summed E-state index contributed by atoms with van der Waals surface area (Å²) in [5.41, 5.74) is 10.7. The molecule has 0 aromatic rings. The molecule has 0 spiro atoms. The topological polar surface area (TPSA) is 353 Å². The van der Waals surface area contributed by atoms with E-state index in [1.165, 1.54) is 0 Å². The minimum atomic E-state index is -1.62. The maximum absolute atomic E-state index is 13.2. The summed E-state index contributed by atoms with van der Waals surface area (Å²) >= 11 is 0. The lowest BCUT2D eigenvalue weighted by Crippen LogP contribution is -2.47. The van der Waals surface area contributed by atoms with Gasteiger partial charge < -0.3 is 47.6 Å². The van der Waals surface area contributed by atoms with Crippen LogP contribution in [0.1, 0.15) is 103 Å². The minimum Gasteiger partial charge on any atom is -0.481 e. The van der Waals surface area contributed by atoms with Gasteiger partial charge in [-0.1, -0.05) is 19.3 Å². The molecule has 1 fully saturated rings. The van der Waals surface area contributed by atoms with E-state index in [0.29, 0.717) is 19.4 Å². The summed E-state index contributed by atoms with van der Waals surface area (Å²) in [5.74, 6) is -3.45. The molecule has 1 heterocycles. The van der Waals surface area contributed by atoms with E-state index in [1.807, 2.05) is 0 Å². The van der Waals surface area contributed by atoms with Crippen molar-refractivity contribution in [1.29, 1.82) is 0 Å². The Morgan fingerprint density at radius 3 is 2.04 bits per heavy atom. The van der Waals surface area contributed by atoms with Crippen LogP contribution >= 0.6 is 0 Å². The van der Waals surface area contributed by atoms with E-state index in [1.54, 1.807) is 0 Å². The first-order valence-electron chi connectivity index (χ1n) is 18.7. The number of unbranched alkanes of at least 4 members (excludes halogenated alkanes) is 4. The summed E-state index contributed by atoms with van der Waals surface area (Å²) in [6.45, 7) is -0.287. The maximum atomic E-state index is 13.2. The van der Waals surface area contributed by atoms with Gasteiger partial charge in [-0.3, -0.25) is 48.2 Å². The number of aliphatic imine (C=N–C) groups is 1. The number of Topliss-reactive ketones (excluding diaryl/α,β-unsaturated/α-hetero) is 3. The van der Waals surface area contributed by atoms with Crippen LogP contribution in [0.5, 0.6) is 0 Å². The fourth-order valence-corrected chi connectivity index (χ4v) is 6.03. The molecule has 56 heavy (non-hydrogen) atoms. The molecule has 4 amide bonds. The third kappa shape index (κ3) is 20.6. The number of carbonyl (C=O) groups is 9. The van der Waals surface area contributed by atoms with E-state index in [-0.39, 0.29) is 75.9 Å². The van der Waals surface area contributed by atoms with E-state index >= 15 is 0 Å². The molecular weight excluding hydrogens is 740 g/mol. The second-order valence-corrected chi connectivity index (χ2v) is 13.5. The summed E-state index contributed by atoms with van der Waals surface area (Å²) in [5, 5.41) is 36.1. The van der Waals surface area contributed by atoms with Crippen LogP contribution in [0.3, 0.4) is 0 Å². The molecule has 4 atom stereocenters. The van der Waals surface area contributed by atoms with Crippen molar-refractivity contribution < 1.29 is 63.3 Å². The zero-order chi connectivity index (χ0) is 42.0. The quantitative estimate of drug-likeness (QED) is 0.0161. The monoisotopic (exact) mass is 798 g/mol. The number of carbonyl (C=O) groups excluding carboxylic acids is 7. The second-order valence-electron chi connectivity index (χ2n) is 13.5. The maximum Gasteiger partial charge on any atom is 0.326 e. The number of likely N-dealkylation sites (tertiary alicyclic amines) is 1. The van der Waals surface area contributed by atoms with E-state index < -0.39 is 97.6 Å². The molecule has 0 aromatic carbocycles. The highest BCUT2D eigenvalue weighted by Crippen LogP contribution is 2.22. The van der Waals surface area contributed by atoms with Gasteiger partial charge in [0.1, 0.15) is 18.4 Å². The Hall–Kier alpha value is -5.02. The number of aliphatic hydroxyl groups excluding tert-OH is 1. The first-order valence-corrected chi connectivity index (χ1v) is 18.7. The molecule has 316 valence electrons. The van der Waals surface area contributed by atoms with Gasteiger partial charge in [0.15, 0.2) is 17.5 Å².